The van der Waals surface area contributed by atoms with Crippen LogP contribution in [0.2, 0.25) is 0 Å². The summed E-state index contributed by atoms with van der Waals surface area (Å²) in [7, 11) is 3.16. The number of alkyl carbamates (subject to hydrolysis) is 1. The number of nitrogens with one attached hydrogen (secondary N) is 3. The second-order valence-corrected chi connectivity index (χ2v) is 10.6. The van der Waals surface area contributed by atoms with E-state index in [-0.39, 0.29) is 36.7 Å². The van der Waals surface area contributed by atoms with Gasteiger partial charge in [-0.1, -0.05) is 38.2 Å². The Bertz CT molecular complexity index is 913. The molecule has 1 aromatic rings. The third-order valence-corrected chi connectivity index (χ3v) is 7.78. The molecule has 1 saturated heterocycles. The SMILES string of the molecule is CNC[C@H](CC1CCCCC1)NC(=O)N1CCC[C@@H]([C@@H](OCCNC(=O)OC)c2c(C)ccc(F)c2F)C1. The van der Waals surface area contributed by atoms with E-state index >= 15 is 4.39 Å². The minimum Gasteiger partial charge on any atom is -0.453 e. The van der Waals surface area contributed by atoms with Gasteiger partial charge in [0.25, 0.3) is 0 Å². The molecular formula is C28H44F2N4O4. The molecule has 10 heteroatoms. The Labute approximate surface area is 225 Å². The number of hydrogen-bond acceptors (Lipinski definition) is 5. The lowest BCUT2D eigenvalue weighted by Crippen LogP contribution is -2.52. The van der Waals surface area contributed by atoms with E-state index in [1.54, 1.807) is 11.8 Å². The molecule has 2 fully saturated rings. The molecule has 1 aromatic carbocycles. The van der Waals surface area contributed by atoms with Gasteiger partial charge in [-0.05, 0) is 50.8 Å². The molecule has 1 heterocycles. The number of amides is 3. The maximum absolute atomic E-state index is 15.1. The standard InChI is InChI=1S/C28H44F2N4O4/c1-19-11-12-23(29)25(30)24(19)26(38-15-13-32-28(36)37-3)21-10-7-14-34(18-21)27(35)33-22(17-31-2)16-20-8-5-4-6-9-20/h11-12,20-22,26,31H,4-10,13-18H2,1-3H3,(H,32,36)(H,33,35)/t21-,22+,26-/m1/s1. The summed E-state index contributed by atoms with van der Waals surface area (Å²) in [4.78, 5) is 26.5. The molecule has 214 valence electrons. The van der Waals surface area contributed by atoms with Crippen LogP contribution >= 0.6 is 0 Å². The highest BCUT2D eigenvalue weighted by Gasteiger charge is 2.35. The fraction of sp³-hybridized carbons (Fsp3) is 0.714. The maximum atomic E-state index is 15.1. The molecule has 3 atom stereocenters. The van der Waals surface area contributed by atoms with Crippen LogP contribution in [0.4, 0.5) is 18.4 Å². The first-order valence-electron chi connectivity index (χ1n) is 13.9. The van der Waals surface area contributed by atoms with E-state index in [4.69, 9.17) is 4.74 Å². The Morgan fingerprint density at radius 1 is 1.13 bits per heavy atom. The summed E-state index contributed by atoms with van der Waals surface area (Å²) in [6, 6.07) is 2.56. The number of hydrogen-bond donors (Lipinski definition) is 3. The lowest BCUT2D eigenvalue weighted by molar-refractivity contribution is -0.0113. The van der Waals surface area contributed by atoms with Gasteiger partial charge in [-0.15, -0.1) is 0 Å². The van der Waals surface area contributed by atoms with Crippen molar-refractivity contribution in [3.63, 3.8) is 0 Å². The van der Waals surface area contributed by atoms with Crippen molar-refractivity contribution >= 4 is 12.1 Å². The Hall–Kier alpha value is -2.46. The largest absolute Gasteiger partial charge is 0.453 e. The molecule has 38 heavy (non-hydrogen) atoms. The van der Waals surface area contributed by atoms with Gasteiger partial charge in [-0.3, -0.25) is 0 Å². The van der Waals surface area contributed by atoms with Crippen molar-refractivity contribution in [2.24, 2.45) is 11.8 Å². The predicted molar refractivity (Wildman–Crippen MR) is 142 cm³/mol. The molecule has 0 aromatic heterocycles. The molecule has 0 radical (unpaired) electrons. The lowest BCUT2D eigenvalue weighted by Gasteiger charge is -2.38. The summed E-state index contributed by atoms with van der Waals surface area (Å²) in [5, 5.41) is 8.97. The monoisotopic (exact) mass is 538 g/mol. The number of aryl methyl sites for hydroxylation is 1. The second-order valence-electron chi connectivity index (χ2n) is 10.6. The molecule has 3 rings (SSSR count). The van der Waals surface area contributed by atoms with Crippen LogP contribution < -0.4 is 16.0 Å². The molecule has 8 nitrogen and oxygen atoms in total. The van der Waals surface area contributed by atoms with Gasteiger partial charge in [0.05, 0.1) is 19.8 Å². The van der Waals surface area contributed by atoms with E-state index in [0.717, 1.165) is 18.9 Å². The van der Waals surface area contributed by atoms with Gasteiger partial charge >= 0.3 is 12.1 Å². The zero-order valence-electron chi connectivity index (χ0n) is 23.0. The van der Waals surface area contributed by atoms with E-state index in [9.17, 15) is 14.0 Å². The second kappa shape index (κ2) is 15.2. The van der Waals surface area contributed by atoms with Crippen LogP contribution in [0, 0.1) is 30.4 Å². The third-order valence-electron chi connectivity index (χ3n) is 7.78. The average molecular weight is 539 g/mol. The summed E-state index contributed by atoms with van der Waals surface area (Å²) in [5.41, 5.74) is 0.749. The van der Waals surface area contributed by atoms with Crippen molar-refractivity contribution in [2.75, 3.05) is 46.9 Å². The van der Waals surface area contributed by atoms with Crippen molar-refractivity contribution in [1.29, 1.82) is 0 Å². The first-order valence-corrected chi connectivity index (χ1v) is 13.9. The Kier molecular flexibility index (Phi) is 12.0. The van der Waals surface area contributed by atoms with Gasteiger partial charge < -0.3 is 30.3 Å². The topological polar surface area (TPSA) is 91.9 Å². The zero-order valence-corrected chi connectivity index (χ0v) is 23.0. The number of likely N-dealkylation sites (N-methyl/N-ethyl adjacent to an activating group) is 1. The number of rotatable bonds is 11. The molecule has 1 aliphatic carbocycles. The summed E-state index contributed by atoms with van der Waals surface area (Å²) >= 11 is 0. The van der Waals surface area contributed by atoms with Crippen LogP contribution in [0.5, 0.6) is 0 Å². The van der Waals surface area contributed by atoms with Gasteiger partial charge in [0, 0.05) is 43.7 Å². The number of nitrogens with zero attached hydrogens (tertiary/aromatic N) is 1. The van der Waals surface area contributed by atoms with E-state index in [1.807, 2.05) is 7.05 Å². The minimum absolute atomic E-state index is 0.0373. The van der Waals surface area contributed by atoms with Crippen LogP contribution in [-0.4, -0.2) is 70.0 Å². The van der Waals surface area contributed by atoms with Crippen LogP contribution in [0.15, 0.2) is 12.1 Å². The number of likely N-dealkylation sites (tertiary alicyclic amines) is 1. The van der Waals surface area contributed by atoms with Crippen molar-refractivity contribution in [3.8, 4) is 0 Å². The predicted octanol–water partition coefficient (Wildman–Crippen LogP) is 4.67. The number of urea groups is 1. The van der Waals surface area contributed by atoms with Crippen molar-refractivity contribution < 1.29 is 27.8 Å². The maximum Gasteiger partial charge on any atom is 0.406 e. The zero-order chi connectivity index (χ0) is 27.5. The normalized spacial score (nSPS) is 20.0. The summed E-state index contributed by atoms with van der Waals surface area (Å²) < 4.78 is 40.0. The summed E-state index contributed by atoms with van der Waals surface area (Å²) in [6.07, 6.45) is 7.26. The van der Waals surface area contributed by atoms with Crippen molar-refractivity contribution in [2.45, 2.75) is 70.4 Å². The smallest absolute Gasteiger partial charge is 0.406 e. The Balaban J connectivity index is 1.70. The number of benzene rings is 1. The molecule has 0 spiro atoms. The van der Waals surface area contributed by atoms with Gasteiger partial charge in [-0.25, -0.2) is 18.4 Å². The number of halogens is 2. The number of ether oxygens (including phenoxy) is 2. The lowest BCUT2D eigenvalue weighted by atomic mass is 9.84. The molecular weight excluding hydrogens is 494 g/mol. The average Bonchev–Trinajstić information content (AvgIpc) is 2.92. The highest BCUT2D eigenvalue weighted by atomic mass is 19.2. The minimum atomic E-state index is -0.935. The van der Waals surface area contributed by atoms with Crippen LogP contribution in [0.3, 0.4) is 0 Å². The van der Waals surface area contributed by atoms with Crippen molar-refractivity contribution in [3.05, 3.63) is 34.9 Å². The number of carbonyl (C=O) groups excluding carboxylic acids is 2. The number of carbonyl (C=O) groups is 2. The molecule has 0 unspecified atom stereocenters. The highest BCUT2D eigenvalue weighted by Crippen LogP contribution is 2.36. The first-order chi connectivity index (χ1) is 18.3. The van der Waals surface area contributed by atoms with Crippen LogP contribution in [0.25, 0.3) is 0 Å². The molecule has 3 N–H and O–H groups in total. The molecule has 0 bridgehead atoms. The molecule has 1 aliphatic heterocycles. The fourth-order valence-corrected chi connectivity index (χ4v) is 5.85. The summed E-state index contributed by atoms with van der Waals surface area (Å²) in [6.45, 7) is 3.63. The van der Waals surface area contributed by atoms with E-state index < -0.39 is 23.8 Å². The highest BCUT2D eigenvalue weighted by molar-refractivity contribution is 5.74. The number of methoxy groups -OCH3 is 1. The third kappa shape index (κ3) is 8.53. The van der Waals surface area contributed by atoms with E-state index in [1.165, 1.54) is 45.3 Å². The summed E-state index contributed by atoms with van der Waals surface area (Å²) in [5.74, 6) is -1.47. The van der Waals surface area contributed by atoms with Crippen LogP contribution in [0.1, 0.15) is 68.6 Å². The molecule has 3 amide bonds. The van der Waals surface area contributed by atoms with Gasteiger partial charge in [0.1, 0.15) is 0 Å². The molecule has 2 aliphatic rings. The van der Waals surface area contributed by atoms with Gasteiger partial charge in [0.2, 0.25) is 0 Å². The molecule has 1 saturated carbocycles. The fourth-order valence-electron chi connectivity index (χ4n) is 5.85. The Morgan fingerprint density at radius 3 is 2.61 bits per heavy atom. The van der Waals surface area contributed by atoms with E-state index in [2.05, 4.69) is 20.7 Å². The Morgan fingerprint density at radius 2 is 1.89 bits per heavy atom. The van der Waals surface area contributed by atoms with Crippen molar-refractivity contribution in [1.82, 2.24) is 20.9 Å². The number of piperidine rings is 1. The van der Waals surface area contributed by atoms with Gasteiger partial charge in [0.15, 0.2) is 11.6 Å². The quantitative estimate of drug-likeness (QED) is 0.356. The van der Waals surface area contributed by atoms with E-state index in [0.29, 0.717) is 37.5 Å². The van der Waals surface area contributed by atoms with Gasteiger partial charge in [-0.2, -0.15) is 0 Å². The first kappa shape index (κ1) is 30.1. The van der Waals surface area contributed by atoms with Crippen LogP contribution in [-0.2, 0) is 9.47 Å².